The first kappa shape index (κ1) is 42.4. The van der Waals surface area contributed by atoms with E-state index in [2.05, 4.69) is 149 Å². The molecule has 2 heteroatoms. The molecular weight excluding hydrogens is 705 g/mol. The van der Waals surface area contributed by atoms with Crippen LogP contribution in [0.25, 0.3) is 11.1 Å². The van der Waals surface area contributed by atoms with E-state index in [1.54, 1.807) is 22.3 Å². The Morgan fingerprint density at radius 1 is 0.483 bits per heavy atom. The largest absolute Gasteiger partial charge is 0.393 e. The maximum atomic E-state index is 11.0. The van der Waals surface area contributed by atoms with Crippen LogP contribution in [-0.4, -0.2) is 22.4 Å². The maximum Gasteiger partial charge on any atom is 0.0580 e. The topological polar surface area (TPSA) is 40.5 Å². The Kier molecular flexibility index (Phi) is 14.3. The van der Waals surface area contributed by atoms with Gasteiger partial charge < -0.3 is 10.2 Å². The van der Waals surface area contributed by atoms with Crippen molar-refractivity contribution < 1.29 is 10.2 Å². The van der Waals surface area contributed by atoms with Gasteiger partial charge in [0.15, 0.2) is 0 Å². The summed E-state index contributed by atoms with van der Waals surface area (Å²) in [4.78, 5) is 0. The second kappa shape index (κ2) is 19.6. The minimum Gasteiger partial charge on any atom is -0.393 e. The molecule has 2 saturated carbocycles. The second-order valence-electron chi connectivity index (χ2n) is 18.5. The average Bonchev–Trinajstić information content (AvgIpc) is 3.99. The number of aliphatic hydroxyl groups is 2. The molecule has 2 nitrogen and oxygen atoms in total. The molecule has 4 aromatic rings. The molecule has 0 saturated heterocycles. The van der Waals surface area contributed by atoms with Crippen LogP contribution in [0.4, 0.5) is 0 Å². The molecule has 0 aromatic heterocycles. The Hall–Kier alpha value is -3.72. The van der Waals surface area contributed by atoms with E-state index in [0.717, 1.165) is 38.5 Å². The number of allylic oxidation sites excluding steroid dienone is 4. The fourth-order valence-electron chi connectivity index (χ4n) is 12.6. The third-order valence-corrected chi connectivity index (χ3v) is 15.5. The highest BCUT2D eigenvalue weighted by atomic mass is 16.3. The van der Waals surface area contributed by atoms with Crippen molar-refractivity contribution in [1.29, 1.82) is 0 Å². The van der Waals surface area contributed by atoms with Gasteiger partial charge in [0.05, 0.1) is 12.2 Å². The van der Waals surface area contributed by atoms with Gasteiger partial charge in [-0.2, -0.15) is 0 Å². The Balaban J connectivity index is 0.000000177. The summed E-state index contributed by atoms with van der Waals surface area (Å²) in [7, 11) is 0. The molecule has 0 radical (unpaired) electrons. The molecule has 0 amide bonds. The number of aliphatic hydroxyl groups excluding tert-OH is 2. The van der Waals surface area contributed by atoms with Crippen molar-refractivity contribution >= 4 is 11.1 Å². The molecule has 2 fully saturated rings. The van der Waals surface area contributed by atoms with E-state index in [1.807, 2.05) is 0 Å². The Bertz CT molecular complexity index is 1790. The maximum absolute atomic E-state index is 11.0. The van der Waals surface area contributed by atoms with Gasteiger partial charge in [0, 0.05) is 10.8 Å². The van der Waals surface area contributed by atoms with E-state index < -0.39 is 0 Å². The van der Waals surface area contributed by atoms with Gasteiger partial charge in [-0.05, 0) is 121 Å². The van der Waals surface area contributed by atoms with Crippen molar-refractivity contribution in [1.82, 2.24) is 0 Å². The second-order valence-corrected chi connectivity index (χ2v) is 18.5. The van der Waals surface area contributed by atoms with Gasteiger partial charge in [-0.15, -0.1) is 0 Å². The van der Waals surface area contributed by atoms with E-state index in [0.29, 0.717) is 23.7 Å². The molecule has 4 aliphatic rings. The van der Waals surface area contributed by atoms with Crippen molar-refractivity contribution in [2.75, 3.05) is 0 Å². The smallest absolute Gasteiger partial charge is 0.0580 e. The van der Waals surface area contributed by atoms with Crippen molar-refractivity contribution in [3.05, 3.63) is 155 Å². The zero-order chi connectivity index (χ0) is 40.5. The summed E-state index contributed by atoms with van der Waals surface area (Å²) in [5.74, 6) is 1.53. The molecule has 58 heavy (non-hydrogen) atoms. The summed E-state index contributed by atoms with van der Waals surface area (Å²) in [6, 6.07) is 44.1. The summed E-state index contributed by atoms with van der Waals surface area (Å²) in [6.07, 6.45) is 18.6. The fraction of sp³-hybridized carbons (Fsp3) is 0.500. The minimum atomic E-state index is -0.173. The summed E-state index contributed by atoms with van der Waals surface area (Å²) in [6.45, 7) is 9.37. The molecule has 4 aromatic carbocycles. The third-order valence-electron chi connectivity index (χ3n) is 15.5. The lowest BCUT2D eigenvalue weighted by Crippen LogP contribution is -2.33. The zero-order valence-corrected chi connectivity index (χ0v) is 36.2. The van der Waals surface area contributed by atoms with E-state index >= 15 is 0 Å². The van der Waals surface area contributed by atoms with Gasteiger partial charge >= 0.3 is 0 Å². The van der Waals surface area contributed by atoms with Crippen LogP contribution >= 0.6 is 0 Å². The molecule has 308 valence electrons. The monoisotopic (exact) mass is 777 g/mol. The quantitative estimate of drug-likeness (QED) is 0.111. The van der Waals surface area contributed by atoms with E-state index in [1.165, 1.54) is 86.5 Å². The lowest BCUT2D eigenvalue weighted by molar-refractivity contribution is 0.0990. The van der Waals surface area contributed by atoms with Crippen LogP contribution in [0.2, 0.25) is 0 Å². The van der Waals surface area contributed by atoms with Crippen LogP contribution in [-0.2, 0) is 0 Å². The number of rotatable bonds is 16. The van der Waals surface area contributed by atoms with Crippen molar-refractivity contribution in [2.24, 2.45) is 22.7 Å². The lowest BCUT2D eigenvalue weighted by atomic mass is 9.63. The average molecular weight is 777 g/mol. The molecule has 0 bridgehead atoms. The normalized spacial score (nSPS) is 27.3. The molecule has 0 aliphatic heterocycles. The van der Waals surface area contributed by atoms with Crippen LogP contribution in [0.1, 0.15) is 165 Å². The number of benzene rings is 4. The summed E-state index contributed by atoms with van der Waals surface area (Å²) in [5, 5.41) is 22.1. The highest BCUT2D eigenvalue weighted by Gasteiger charge is 2.59. The van der Waals surface area contributed by atoms with E-state index in [9.17, 15) is 10.2 Å². The molecule has 0 spiro atoms. The lowest BCUT2D eigenvalue weighted by Gasteiger charge is -2.40. The summed E-state index contributed by atoms with van der Waals surface area (Å²) in [5.41, 5.74) is 12.1. The summed E-state index contributed by atoms with van der Waals surface area (Å²) < 4.78 is 0. The SMILES string of the molecule is CCCCCCC1=C(c2ccccc2)[C@]2(C(C)c3ccccc3)CC[C@@H](O)C2C1.CCCCCCC1=C(c2ccccc2)[C@]2(C(C)c3ccccc3)CC[C@H](O)C2C1. The standard InChI is InChI=1S/2C28H36O/c2*1-3-4-5-8-17-24-20-25-26(29)18-19-28(25,21(2)22-13-9-6-10-14-22)27(24)23-15-11-7-12-16-23/h2*6-7,9-16,21,25-26,29H,3-5,8,17-20H2,1-2H3/t21?,25?,26-,28+;21?,25?,26-,28-/m10/s1. The van der Waals surface area contributed by atoms with Gasteiger partial charge in [-0.1, -0.05) is 199 Å². The van der Waals surface area contributed by atoms with Crippen molar-refractivity contribution in [3.63, 3.8) is 0 Å². The fourth-order valence-corrected chi connectivity index (χ4v) is 12.6. The molecule has 4 aliphatic carbocycles. The number of hydrogen-bond donors (Lipinski definition) is 2. The number of hydrogen-bond acceptors (Lipinski definition) is 2. The van der Waals surface area contributed by atoms with E-state index in [4.69, 9.17) is 0 Å². The first-order valence-corrected chi connectivity index (χ1v) is 23.4. The number of fused-ring (bicyclic) bond motifs is 2. The first-order chi connectivity index (χ1) is 28.4. The van der Waals surface area contributed by atoms with E-state index in [-0.39, 0.29) is 23.0 Å². The molecule has 4 unspecified atom stereocenters. The summed E-state index contributed by atoms with van der Waals surface area (Å²) >= 11 is 0. The minimum absolute atomic E-state index is 0.0578. The highest BCUT2D eigenvalue weighted by molar-refractivity contribution is 5.79. The Labute approximate surface area is 351 Å². The first-order valence-electron chi connectivity index (χ1n) is 23.4. The molecule has 2 N–H and O–H groups in total. The molecule has 8 atom stereocenters. The molecule has 8 rings (SSSR count). The van der Waals surface area contributed by atoms with Crippen LogP contribution in [0.3, 0.4) is 0 Å². The Morgan fingerprint density at radius 2 is 0.828 bits per heavy atom. The van der Waals surface area contributed by atoms with Crippen molar-refractivity contribution in [2.45, 2.75) is 154 Å². The van der Waals surface area contributed by atoms with Crippen molar-refractivity contribution in [3.8, 4) is 0 Å². The van der Waals surface area contributed by atoms with Gasteiger partial charge in [0.2, 0.25) is 0 Å². The van der Waals surface area contributed by atoms with Crippen LogP contribution < -0.4 is 0 Å². The number of unbranched alkanes of at least 4 members (excludes halogenated alkanes) is 6. The van der Waals surface area contributed by atoms with Gasteiger partial charge in [-0.25, -0.2) is 0 Å². The van der Waals surface area contributed by atoms with Gasteiger partial charge in [0.1, 0.15) is 0 Å². The predicted molar refractivity (Wildman–Crippen MR) is 246 cm³/mol. The highest BCUT2D eigenvalue weighted by Crippen LogP contribution is 2.68. The Morgan fingerprint density at radius 3 is 1.17 bits per heavy atom. The van der Waals surface area contributed by atoms with Crippen LogP contribution in [0, 0.1) is 22.7 Å². The predicted octanol–water partition coefficient (Wildman–Crippen LogP) is 14.8. The third kappa shape index (κ3) is 8.35. The van der Waals surface area contributed by atoms with Crippen LogP contribution in [0.15, 0.2) is 132 Å². The zero-order valence-electron chi connectivity index (χ0n) is 36.2. The molecule has 0 heterocycles. The molecular formula is C56H72O2. The van der Waals surface area contributed by atoms with Gasteiger partial charge in [-0.3, -0.25) is 0 Å². The van der Waals surface area contributed by atoms with Gasteiger partial charge in [0.25, 0.3) is 0 Å². The van der Waals surface area contributed by atoms with Crippen LogP contribution in [0.5, 0.6) is 0 Å².